The molecule has 1 heterocycles. The van der Waals surface area contributed by atoms with E-state index in [1.165, 1.54) is 10.9 Å². The molecule has 2 rings (SSSR count). The summed E-state index contributed by atoms with van der Waals surface area (Å²) in [5.74, 6) is 0. The molecule has 0 saturated carbocycles. The van der Waals surface area contributed by atoms with Gasteiger partial charge in [-0.1, -0.05) is 37.3 Å². The third-order valence-corrected chi connectivity index (χ3v) is 4.69. The molecule has 1 aromatic heterocycles. The summed E-state index contributed by atoms with van der Waals surface area (Å²) in [6.45, 7) is 3.78. The molecule has 20 heavy (non-hydrogen) atoms. The van der Waals surface area contributed by atoms with E-state index in [0.717, 1.165) is 12.0 Å². The highest BCUT2D eigenvalue weighted by atomic mass is 32.2. The lowest BCUT2D eigenvalue weighted by atomic mass is 10.2. The first kappa shape index (κ1) is 14.7. The van der Waals surface area contributed by atoms with Crippen molar-refractivity contribution in [2.75, 3.05) is 0 Å². The van der Waals surface area contributed by atoms with Crippen molar-refractivity contribution in [3.63, 3.8) is 0 Å². The monoisotopic (exact) mass is 293 g/mol. The van der Waals surface area contributed by atoms with E-state index in [9.17, 15) is 8.42 Å². The van der Waals surface area contributed by atoms with Crippen LogP contribution in [0.1, 0.15) is 20.3 Å². The molecule has 1 unspecified atom stereocenters. The fourth-order valence-electron chi connectivity index (χ4n) is 1.87. The maximum absolute atomic E-state index is 12.4. The van der Waals surface area contributed by atoms with Crippen molar-refractivity contribution in [2.45, 2.75) is 31.2 Å². The predicted molar refractivity (Wildman–Crippen MR) is 78.7 cm³/mol. The summed E-state index contributed by atoms with van der Waals surface area (Å²) >= 11 is 0. The molecule has 1 N–H and O–H groups in total. The second-order valence-corrected chi connectivity index (χ2v) is 6.49. The molecule has 2 aromatic rings. The molecule has 6 heteroatoms. The summed E-state index contributed by atoms with van der Waals surface area (Å²) in [4.78, 5) is 0.214. The normalized spacial score (nSPS) is 13.3. The Morgan fingerprint density at radius 1 is 1.30 bits per heavy atom. The highest BCUT2D eigenvalue weighted by molar-refractivity contribution is 7.89. The fourth-order valence-corrected chi connectivity index (χ4v) is 3.40. The van der Waals surface area contributed by atoms with E-state index >= 15 is 0 Å². The third-order valence-electron chi connectivity index (χ3n) is 3.10. The molecule has 0 fully saturated rings. The predicted octanol–water partition coefficient (Wildman–Crippen LogP) is 2.16. The lowest BCUT2D eigenvalue weighted by Crippen LogP contribution is -2.32. The zero-order valence-electron chi connectivity index (χ0n) is 11.9. The van der Waals surface area contributed by atoms with Crippen LogP contribution in [-0.4, -0.2) is 24.2 Å². The van der Waals surface area contributed by atoms with Crippen molar-refractivity contribution >= 4 is 10.0 Å². The molecule has 0 saturated heterocycles. The van der Waals surface area contributed by atoms with Crippen LogP contribution < -0.4 is 4.72 Å². The summed E-state index contributed by atoms with van der Waals surface area (Å²) < 4.78 is 29.1. The van der Waals surface area contributed by atoms with Gasteiger partial charge in [-0.15, -0.1) is 0 Å². The molecule has 0 aliphatic carbocycles. The number of rotatable bonds is 5. The van der Waals surface area contributed by atoms with Crippen LogP contribution in [0.2, 0.25) is 0 Å². The van der Waals surface area contributed by atoms with Gasteiger partial charge in [0.05, 0.1) is 0 Å². The fraction of sp³-hybridized carbons (Fsp3) is 0.357. The quantitative estimate of drug-likeness (QED) is 0.919. The maximum atomic E-state index is 12.4. The van der Waals surface area contributed by atoms with Gasteiger partial charge >= 0.3 is 0 Å². The van der Waals surface area contributed by atoms with Crippen LogP contribution in [0.5, 0.6) is 0 Å². The second-order valence-electron chi connectivity index (χ2n) is 4.81. The van der Waals surface area contributed by atoms with Gasteiger partial charge in [0.2, 0.25) is 10.0 Å². The highest BCUT2D eigenvalue weighted by Gasteiger charge is 2.24. The van der Waals surface area contributed by atoms with Crippen LogP contribution >= 0.6 is 0 Å². The molecule has 0 aliphatic heterocycles. The van der Waals surface area contributed by atoms with Crippen LogP contribution in [-0.2, 0) is 17.1 Å². The Morgan fingerprint density at radius 2 is 1.95 bits per heavy atom. The Morgan fingerprint density at radius 3 is 2.55 bits per heavy atom. The average Bonchev–Trinajstić information content (AvgIpc) is 2.82. The van der Waals surface area contributed by atoms with Gasteiger partial charge < -0.3 is 0 Å². The molecule has 0 bridgehead atoms. The minimum atomic E-state index is -3.56. The zero-order valence-corrected chi connectivity index (χ0v) is 12.7. The van der Waals surface area contributed by atoms with Crippen molar-refractivity contribution < 1.29 is 8.42 Å². The van der Waals surface area contributed by atoms with Gasteiger partial charge in [-0.3, -0.25) is 4.68 Å². The van der Waals surface area contributed by atoms with E-state index < -0.39 is 10.0 Å². The van der Waals surface area contributed by atoms with Gasteiger partial charge in [-0.2, -0.15) is 5.10 Å². The largest absolute Gasteiger partial charge is 0.274 e. The lowest BCUT2D eigenvalue weighted by Gasteiger charge is -2.11. The van der Waals surface area contributed by atoms with Crippen molar-refractivity contribution in [1.29, 1.82) is 0 Å². The van der Waals surface area contributed by atoms with E-state index in [1.54, 1.807) is 7.05 Å². The Balaban J connectivity index is 2.48. The number of hydrogen-bond donors (Lipinski definition) is 1. The van der Waals surface area contributed by atoms with E-state index in [4.69, 9.17) is 0 Å². The Hall–Kier alpha value is -1.66. The van der Waals surface area contributed by atoms with Crippen LogP contribution in [0, 0.1) is 0 Å². The molecular formula is C14H19N3O2S. The van der Waals surface area contributed by atoms with Crippen LogP contribution in [0.15, 0.2) is 41.4 Å². The van der Waals surface area contributed by atoms with Crippen molar-refractivity contribution in [3.05, 3.63) is 36.5 Å². The van der Waals surface area contributed by atoms with E-state index in [1.807, 2.05) is 44.2 Å². The zero-order chi connectivity index (χ0) is 14.8. The van der Waals surface area contributed by atoms with Gasteiger partial charge in [0, 0.05) is 24.8 Å². The Bertz CT molecular complexity index is 678. The van der Waals surface area contributed by atoms with E-state index in [2.05, 4.69) is 9.82 Å². The van der Waals surface area contributed by atoms with Gasteiger partial charge in [-0.25, -0.2) is 13.1 Å². The van der Waals surface area contributed by atoms with Crippen molar-refractivity contribution in [1.82, 2.24) is 14.5 Å². The first-order valence-corrected chi connectivity index (χ1v) is 8.03. The minimum Gasteiger partial charge on any atom is -0.274 e. The third kappa shape index (κ3) is 3.08. The van der Waals surface area contributed by atoms with Crippen LogP contribution in [0.4, 0.5) is 0 Å². The number of aromatic nitrogens is 2. The average molecular weight is 293 g/mol. The van der Waals surface area contributed by atoms with Gasteiger partial charge in [0.15, 0.2) is 0 Å². The molecule has 1 aromatic carbocycles. The van der Waals surface area contributed by atoms with Crippen LogP contribution in [0.25, 0.3) is 11.3 Å². The van der Waals surface area contributed by atoms with Crippen molar-refractivity contribution in [3.8, 4) is 11.3 Å². The summed E-state index contributed by atoms with van der Waals surface area (Å²) in [6.07, 6.45) is 2.27. The number of aryl methyl sites for hydroxylation is 1. The SMILES string of the molecule is CCC(C)NS(=O)(=O)c1cn(C)nc1-c1ccccc1. The molecule has 5 nitrogen and oxygen atoms in total. The van der Waals surface area contributed by atoms with E-state index in [0.29, 0.717) is 5.69 Å². The van der Waals surface area contributed by atoms with Crippen molar-refractivity contribution in [2.24, 2.45) is 7.05 Å². The maximum Gasteiger partial charge on any atom is 0.244 e. The lowest BCUT2D eigenvalue weighted by molar-refractivity contribution is 0.556. The minimum absolute atomic E-state index is 0.108. The van der Waals surface area contributed by atoms with Crippen LogP contribution in [0.3, 0.4) is 0 Å². The van der Waals surface area contributed by atoms with Gasteiger partial charge in [-0.05, 0) is 13.3 Å². The first-order valence-electron chi connectivity index (χ1n) is 6.55. The molecular weight excluding hydrogens is 274 g/mol. The molecule has 0 amide bonds. The molecule has 0 spiro atoms. The smallest absolute Gasteiger partial charge is 0.244 e. The number of benzene rings is 1. The Kier molecular flexibility index (Phi) is 4.25. The first-order chi connectivity index (χ1) is 9.44. The summed E-state index contributed by atoms with van der Waals surface area (Å²) in [5.41, 5.74) is 1.27. The molecule has 0 aliphatic rings. The van der Waals surface area contributed by atoms with Gasteiger partial charge in [0.25, 0.3) is 0 Å². The second kappa shape index (κ2) is 5.76. The molecule has 0 radical (unpaired) electrons. The standard InChI is InChI=1S/C14H19N3O2S/c1-4-11(2)16-20(18,19)13-10-17(3)15-14(13)12-8-6-5-7-9-12/h5-11,16H,4H2,1-3H3. The summed E-state index contributed by atoms with van der Waals surface area (Å²) in [6, 6.07) is 9.21. The summed E-state index contributed by atoms with van der Waals surface area (Å²) in [7, 11) is -1.85. The Labute approximate surface area is 119 Å². The molecule has 108 valence electrons. The summed E-state index contributed by atoms with van der Waals surface area (Å²) in [5, 5.41) is 4.28. The topological polar surface area (TPSA) is 64.0 Å². The number of hydrogen-bond acceptors (Lipinski definition) is 3. The number of sulfonamides is 1. The molecule has 1 atom stereocenters. The highest BCUT2D eigenvalue weighted by Crippen LogP contribution is 2.25. The number of nitrogens with zero attached hydrogens (tertiary/aromatic N) is 2. The van der Waals surface area contributed by atoms with Gasteiger partial charge in [0.1, 0.15) is 10.6 Å². The number of nitrogens with one attached hydrogen (secondary N) is 1. The van der Waals surface area contributed by atoms with E-state index in [-0.39, 0.29) is 10.9 Å².